The van der Waals surface area contributed by atoms with Gasteiger partial charge in [-0.25, -0.2) is 8.42 Å². The van der Waals surface area contributed by atoms with E-state index in [1.807, 2.05) is 20.8 Å². The van der Waals surface area contributed by atoms with Gasteiger partial charge in [0.05, 0.1) is 10.6 Å². The molecular formula is C18H22N2O3S. The lowest BCUT2D eigenvalue weighted by Crippen LogP contribution is -2.30. The lowest BCUT2D eigenvalue weighted by Gasteiger charge is -2.20. The molecule has 0 spiro atoms. The third-order valence-corrected chi connectivity index (χ3v) is 5.37. The molecule has 0 unspecified atom stereocenters. The van der Waals surface area contributed by atoms with Gasteiger partial charge in [-0.1, -0.05) is 23.8 Å². The van der Waals surface area contributed by atoms with Gasteiger partial charge in [0.15, 0.2) is 0 Å². The zero-order chi connectivity index (χ0) is 17.9. The third kappa shape index (κ3) is 3.94. The minimum atomic E-state index is -3.67. The fourth-order valence-electron chi connectivity index (χ4n) is 2.20. The van der Waals surface area contributed by atoms with E-state index in [0.717, 1.165) is 5.56 Å². The molecule has 6 heteroatoms. The van der Waals surface area contributed by atoms with Gasteiger partial charge in [0.25, 0.3) is 15.9 Å². The summed E-state index contributed by atoms with van der Waals surface area (Å²) in [6, 6.07) is 13.3. The van der Waals surface area contributed by atoms with Crippen molar-refractivity contribution in [2.45, 2.75) is 31.7 Å². The Morgan fingerprint density at radius 2 is 1.71 bits per heavy atom. The number of nitrogens with one attached hydrogen (secondary N) is 1. The quantitative estimate of drug-likeness (QED) is 0.905. The molecule has 0 aliphatic rings. The average Bonchev–Trinajstić information content (AvgIpc) is 2.54. The van der Waals surface area contributed by atoms with Crippen LogP contribution in [0.2, 0.25) is 0 Å². The van der Waals surface area contributed by atoms with Crippen LogP contribution in [0.4, 0.5) is 5.69 Å². The number of aryl methyl sites for hydroxylation is 1. The molecule has 5 nitrogen and oxygen atoms in total. The van der Waals surface area contributed by atoms with Gasteiger partial charge >= 0.3 is 0 Å². The first kappa shape index (κ1) is 18.0. The second kappa shape index (κ2) is 7.05. The van der Waals surface area contributed by atoms with Crippen LogP contribution in [0.1, 0.15) is 29.8 Å². The highest BCUT2D eigenvalue weighted by molar-refractivity contribution is 7.92. The molecule has 2 rings (SSSR count). The maximum Gasteiger partial charge on any atom is 0.264 e. The Bertz CT molecular complexity index is 828. The van der Waals surface area contributed by atoms with Gasteiger partial charge < -0.3 is 5.32 Å². The normalized spacial score (nSPS) is 11.4. The highest BCUT2D eigenvalue weighted by atomic mass is 32.2. The molecule has 0 aliphatic carbocycles. The van der Waals surface area contributed by atoms with Gasteiger partial charge in [-0.05, 0) is 51.1 Å². The Labute approximate surface area is 143 Å². The van der Waals surface area contributed by atoms with Crippen LogP contribution in [0, 0.1) is 6.92 Å². The Morgan fingerprint density at radius 3 is 2.29 bits per heavy atom. The lowest BCUT2D eigenvalue weighted by molar-refractivity contribution is 0.0943. The minimum Gasteiger partial charge on any atom is -0.350 e. The first-order valence-electron chi connectivity index (χ1n) is 7.68. The van der Waals surface area contributed by atoms with Crippen LogP contribution in [-0.2, 0) is 10.0 Å². The Balaban J connectivity index is 2.34. The molecule has 0 atom stereocenters. The molecule has 2 aromatic rings. The zero-order valence-corrected chi connectivity index (χ0v) is 15.1. The number of hydrogen-bond donors (Lipinski definition) is 1. The molecule has 0 saturated carbocycles. The molecule has 1 N–H and O–H groups in total. The first-order chi connectivity index (χ1) is 11.2. The van der Waals surface area contributed by atoms with E-state index < -0.39 is 10.0 Å². The fourth-order valence-corrected chi connectivity index (χ4v) is 3.38. The summed E-state index contributed by atoms with van der Waals surface area (Å²) in [4.78, 5) is 12.3. The number of hydrogen-bond acceptors (Lipinski definition) is 3. The number of benzene rings is 2. The number of rotatable bonds is 5. The average molecular weight is 346 g/mol. The molecule has 0 saturated heterocycles. The van der Waals surface area contributed by atoms with Crippen molar-refractivity contribution < 1.29 is 13.2 Å². The van der Waals surface area contributed by atoms with Crippen molar-refractivity contribution in [1.29, 1.82) is 0 Å². The maximum atomic E-state index is 12.7. The molecule has 24 heavy (non-hydrogen) atoms. The number of sulfonamides is 1. The number of carbonyl (C=O) groups is 1. The van der Waals surface area contributed by atoms with E-state index in [2.05, 4.69) is 5.32 Å². The van der Waals surface area contributed by atoms with Crippen LogP contribution in [0.15, 0.2) is 53.4 Å². The smallest absolute Gasteiger partial charge is 0.264 e. The van der Waals surface area contributed by atoms with Gasteiger partial charge in [0.1, 0.15) is 0 Å². The van der Waals surface area contributed by atoms with E-state index in [0.29, 0.717) is 11.3 Å². The lowest BCUT2D eigenvalue weighted by atomic mass is 10.2. The van der Waals surface area contributed by atoms with Crippen LogP contribution >= 0.6 is 0 Å². The largest absolute Gasteiger partial charge is 0.350 e. The van der Waals surface area contributed by atoms with Crippen molar-refractivity contribution in [2.75, 3.05) is 11.4 Å². The van der Waals surface area contributed by atoms with Crippen molar-refractivity contribution >= 4 is 21.6 Å². The molecule has 0 radical (unpaired) electrons. The van der Waals surface area contributed by atoms with E-state index in [9.17, 15) is 13.2 Å². The topological polar surface area (TPSA) is 66.5 Å². The van der Waals surface area contributed by atoms with E-state index in [-0.39, 0.29) is 16.8 Å². The number of nitrogens with zero attached hydrogens (tertiary/aromatic N) is 1. The maximum absolute atomic E-state index is 12.7. The van der Waals surface area contributed by atoms with Crippen LogP contribution in [0.3, 0.4) is 0 Å². The summed E-state index contributed by atoms with van der Waals surface area (Å²) < 4.78 is 26.6. The zero-order valence-electron chi connectivity index (χ0n) is 14.3. The molecule has 2 aromatic carbocycles. The van der Waals surface area contributed by atoms with Crippen molar-refractivity contribution in [2.24, 2.45) is 0 Å². The highest BCUT2D eigenvalue weighted by Gasteiger charge is 2.21. The van der Waals surface area contributed by atoms with E-state index in [4.69, 9.17) is 0 Å². The Hall–Kier alpha value is -2.34. The van der Waals surface area contributed by atoms with Crippen molar-refractivity contribution in [3.63, 3.8) is 0 Å². The molecule has 0 heterocycles. The van der Waals surface area contributed by atoms with E-state index in [1.54, 1.807) is 48.5 Å². The SMILES string of the molecule is Cc1ccc(S(=O)(=O)N(C)c2cccc(C(=O)NC(C)C)c2)cc1. The van der Waals surface area contributed by atoms with Crippen LogP contribution in [-0.4, -0.2) is 27.4 Å². The number of carbonyl (C=O) groups excluding carboxylic acids is 1. The van der Waals surface area contributed by atoms with Gasteiger partial charge in [0.2, 0.25) is 0 Å². The Kier molecular flexibility index (Phi) is 5.29. The van der Waals surface area contributed by atoms with E-state index in [1.165, 1.54) is 11.4 Å². The molecule has 128 valence electrons. The summed E-state index contributed by atoms with van der Waals surface area (Å²) >= 11 is 0. The first-order valence-corrected chi connectivity index (χ1v) is 9.12. The Morgan fingerprint density at radius 1 is 1.08 bits per heavy atom. The number of amides is 1. The summed E-state index contributed by atoms with van der Waals surface area (Å²) in [5.74, 6) is -0.229. The molecule has 0 aliphatic heterocycles. The van der Waals surface area contributed by atoms with E-state index >= 15 is 0 Å². The summed E-state index contributed by atoms with van der Waals surface area (Å²) in [5, 5.41) is 2.79. The van der Waals surface area contributed by atoms with Gasteiger partial charge in [-0.2, -0.15) is 0 Å². The van der Waals surface area contributed by atoms with Crippen molar-refractivity contribution in [1.82, 2.24) is 5.32 Å². The fraction of sp³-hybridized carbons (Fsp3) is 0.278. The second-order valence-corrected chi connectivity index (χ2v) is 7.93. The minimum absolute atomic E-state index is 0.00942. The van der Waals surface area contributed by atoms with Crippen molar-refractivity contribution in [3.8, 4) is 0 Å². The predicted molar refractivity (Wildman–Crippen MR) is 95.8 cm³/mol. The molecule has 0 aromatic heterocycles. The third-order valence-electron chi connectivity index (χ3n) is 3.57. The van der Waals surface area contributed by atoms with Crippen LogP contribution < -0.4 is 9.62 Å². The summed E-state index contributed by atoms with van der Waals surface area (Å²) in [6.45, 7) is 5.64. The highest BCUT2D eigenvalue weighted by Crippen LogP contribution is 2.23. The predicted octanol–water partition coefficient (Wildman–Crippen LogP) is 2.96. The molecule has 0 fully saturated rings. The van der Waals surface area contributed by atoms with Crippen LogP contribution in [0.5, 0.6) is 0 Å². The molecule has 0 bridgehead atoms. The van der Waals surface area contributed by atoms with Gasteiger partial charge in [0, 0.05) is 18.7 Å². The number of anilines is 1. The standard InChI is InChI=1S/C18H22N2O3S/c1-13(2)19-18(21)15-6-5-7-16(12-15)20(4)24(22,23)17-10-8-14(3)9-11-17/h5-13H,1-4H3,(H,19,21). The van der Waals surface area contributed by atoms with Gasteiger partial charge in [-0.15, -0.1) is 0 Å². The summed E-state index contributed by atoms with van der Waals surface area (Å²) in [6.07, 6.45) is 0. The van der Waals surface area contributed by atoms with Crippen molar-refractivity contribution in [3.05, 3.63) is 59.7 Å². The monoisotopic (exact) mass is 346 g/mol. The molecule has 1 amide bonds. The molecular weight excluding hydrogens is 324 g/mol. The summed E-state index contributed by atoms with van der Waals surface area (Å²) in [7, 11) is -2.19. The summed E-state index contributed by atoms with van der Waals surface area (Å²) in [5.41, 5.74) is 1.85. The van der Waals surface area contributed by atoms with Gasteiger partial charge in [-0.3, -0.25) is 9.10 Å². The second-order valence-electron chi connectivity index (χ2n) is 5.96. The van der Waals surface area contributed by atoms with Crippen LogP contribution in [0.25, 0.3) is 0 Å².